The third kappa shape index (κ3) is 3.11. The van der Waals surface area contributed by atoms with Crippen LogP contribution in [0.25, 0.3) is 10.9 Å². The van der Waals surface area contributed by atoms with E-state index in [1.165, 1.54) is 27.0 Å². The number of aryl methyl sites for hydroxylation is 1. The van der Waals surface area contributed by atoms with Gasteiger partial charge in [-0.2, -0.15) is 0 Å². The molecule has 1 saturated heterocycles. The van der Waals surface area contributed by atoms with Crippen LogP contribution in [0.15, 0.2) is 66.2 Å². The number of hydrogen-bond donors (Lipinski definition) is 1. The van der Waals surface area contributed by atoms with Gasteiger partial charge in [-0.15, -0.1) is 11.3 Å². The van der Waals surface area contributed by atoms with E-state index < -0.39 is 0 Å². The molecule has 1 unspecified atom stereocenters. The first-order chi connectivity index (χ1) is 13.8. The molecule has 1 aliphatic rings. The smallest absolute Gasteiger partial charge is 0.128 e. The summed E-state index contributed by atoms with van der Waals surface area (Å²) < 4.78 is 0. The summed E-state index contributed by atoms with van der Waals surface area (Å²) in [6, 6.07) is 19.6. The maximum Gasteiger partial charge on any atom is 0.128 e. The molecule has 28 heavy (non-hydrogen) atoms. The topological polar surface area (TPSA) is 35.2 Å². The van der Waals surface area contributed by atoms with Crippen molar-refractivity contribution in [2.45, 2.75) is 13.0 Å². The number of benzene rings is 1. The van der Waals surface area contributed by atoms with Gasteiger partial charge in [0.2, 0.25) is 0 Å². The van der Waals surface area contributed by atoms with Gasteiger partial charge < -0.3 is 9.88 Å². The quantitative estimate of drug-likeness (QED) is 0.543. The summed E-state index contributed by atoms with van der Waals surface area (Å²) in [7, 11) is 0. The highest BCUT2D eigenvalue weighted by Crippen LogP contribution is 2.38. The van der Waals surface area contributed by atoms with Crippen molar-refractivity contribution in [3.63, 3.8) is 0 Å². The van der Waals surface area contributed by atoms with Gasteiger partial charge in [-0.25, -0.2) is 4.98 Å². The predicted octanol–water partition coefficient (Wildman–Crippen LogP) is 4.84. The van der Waals surface area contributed by atoms with Crippen molar-refractivity contribution >= 4 is 28.1 Å². The second kappa shape index (κ2) is 7.41. The van der Waals surface area contributed by atoms with Crippen molar-refractivity contribution in [2.75, 3.05) is 31.1 Å². The Morgan fingerprint density at radius 1 is 0.964 bits per heavy atom. The molecule has 1 N–H and O–H groups in total. The molecule has 0 bridgehead atoms. The van der Waals surface area contributed by atoms with Gasteiger partial charge in [-0.1, -0.05) is 30.3 Å². The molecule has 4 nitrogen and oxygen atoms in total. The molecule has 3 aromatic heterocycles. The molecule has 5 heteroatoms. The first kappa shape index (κ1) is 17.5. The number of pyridine rings is 1. The summed E-state index contributed by atoms with van der Waals surface area (Å²) in [5.41, 5.74) is 3.92. The monoisotopic (exact) mass is 388 g/mol. The van der Waals surface area contributed by atoms with Crippen molar-refractivity contribution in [2.24, 2.45) is 0 Å². The summed E-state index contributed by atoms with van der Waals surface area (Å²) in [4.78, 5) is 14.6. The van der Waals surface area contributed by atoms with Gasteiger partial charge in [0.05, 0.1) is 6.04 Å². The molecule has 1 atom stereocenters. The SMILES string of the molecule is Cc1[nH]c2ccccc2c1C(c1cccs1)N1CCN(c2ccccn2)CC1. The van der Waals surface area contributed by atoms with Crippen molar-refractivity contribution in [3.8, 4) is 0 Å². The van der Waals surface area contributed by atoms with Crippen molar-refractivity contribution in [3.05, 3.63) is 82.3 Å². The van der Waals surface area contributed by atoms with Crippen molar-refractivity contribution in [1.82, 2.24) is 14.9 Å². The van der Waals surface area contributed by atoms with Gasteiger partial charge in [0.25, 0.3) is 0 Å². The Labute approximate surface area is 169 Å². The number of para-hydroxylation sites is 1. The number of aromatic amines is 1. The van der Waals surface area contributed by atoms with Gasteiger partial charge in [0.15, 0.2) is 0 Å². The number of piperazine rings is 1. The number of nitrogens with zero attached hydrogens (tertiary/aromatic N) is 3. The van der Waals surface area contributed by atoms with Gasteiger partial charge in [0, 0.05) is 59.4 Å². The number of aromatic nitrogens is 2. The Bertz CT molecular complexity index is 1050. The number of rotatable bonds is 4. The molecule has 1 fully saturated rings. The molecule has 1 aromatic carbocycles. The van der Waals surface area contributed by atoms with Gasteiger partial charge in [-0.3, -0.25) is 4.90 Å². The molecule has 142 valence electrons. The molecule has 1 aliphatic heterocycles. The summed E-state index contributed by atoms with van der Waals surface area (Å²) in [5, 5.41) is 3.53. The van der Waals surface area contributed by atoms with Crippen LogP contribution in [0.4, 0.5) is 5.82 Å². The maximum absolute atomic E-state index is 4.53. The number of hydrogen-bond acceptors (Lipinski definition) is 4. The number of fused-ring (bicyclic) bond motifs is 1. The summed E-state index contributed by atoms with van der Waals surface area (Å²) in [6.45, 7) is 6.26. The lowest BCUT2D eigenvalue weighted by atomic mass is 9.99. The fraction of sp³-hybridized carbons (Fsp3) is 0.261. The molecule has 4 heterocycles. The van der Waals surface area contributed by atoms with E-state index in [1.54, 1.807) is 0 Å². The number of anilines is 1. The molecule has 4 aromatic rings. The van der Waals surface area contributed by atoms with E-state index in [2.05, 4.69) is 80.6 Å². The molecule has 5 rings (SSSR count). The molecule has 0 aliphatic carbocycles. The minimum atomic E-state index is 0.294. The lowest BCUT2D eigenvalue weighted by Crippen LogP contribution is -2.48. The molecular formula is C23H24N4S. The third-order valence-electron chi connectivity index (χ3n) is 5.68. The van der Waals surface area contributed by atoms with E-state index in [9.17, 15) is 0 Å². The van der Waals surface area contributed by atoms with Crippen molar-refractivity contribution in [1.29, 1.82) is 0 Å². The lowest BCUT2D eigenvalue weighted by Gasteiger charge is -2.39. The van der Waals surface area contributed by atoms with E-state index in [1.807, 2.05) is 23.6 Å². The van der Waals surface area contributed by atoms with Crippen LogP contribution in [-0.4, -0.2) is 41.0 Å². The van der Waals surface area contributed by atoms with E-state index in [4.69, 9.17) is 0 Å². The zero-order valence-corrected chi connectivity index (χ0v) is 16.8. The van der Waals surface area contributed by atoms with Gasteiger partial charge in [0.1, 0.15) is 5.82 Å². The minimum Gasteiger partial charge on any atom is -0.358 e. The van der Waals surface area contributed by atoms with Crippen LogP contribution in [0.5, 0.6) is 0 Å². The highest BCUT2D eigenvalue weighted by atomic mass is 32.1. The Kier molecular flexibility index (Phi) is 4.63. The van der Waals surface area contributed by atoms with Gasteiger partial charge >= 0.3 is 0 Å². The van der Waals surface area contributed by atoms with Crippen molar-refractivity contribution < 1.29 is 0 Å². The fourth-order valence-corrected chi connectivity index (χ4v) is 5.22. The molecule has 0 spiro atoms. The van der Waals surface area contributed by atoms with E-state index in [0.717, 1.165) is 32.0 Å². The van der Waals surface area contributed by atoms with Crippen LogP contribution < -0.4 is 4.90 Å². The summed E-state index contributed by atoms with van der Waals surface area (Å²) in [5.74, 6) is 1.08. The van der Waals surface area contributed by atoms with Crippen LogP contribution in [0.1, 0.15) is 22.2 Å². The average Bonchev–Trinajstić information content (AvgIpc) is 3.38. The second-order valence-corrected chi connectivity index (χ2v) is 8.32. The molecular weight excluding hydrogens is 364 g/mol. The Morgan fingerprint density at radius 2 is 1.79 bits per heavy atom. The maximum atomic E-state index is 4.53. The number of nitrogens with one attached hydrogen (secondary N) is 1. The molecule has 0 saturated carbocycles. The zero-order valence-electron chi connectivity index (χ0n) is 16.0. The number of H-pyrrole nitrogens is 1. The molecule has 0 amide bonds. The van der Waals surface area contributed by atoms with Crippen LogP contribution in [-0.2, 0) is 0 Å². The summed E-state index contributed by atoms with van der Waals surface area (Å²) >= 11 is 1.86. The average molecular weight is 389 g/mol. The Hall–Kier alpha value is -2.63. The predicted molar refractivity (Wildman–Crippen MR) is 117 cm³/mol. The minimum absolute atomic E-state index is 0.294. The molecule has 0 radical (unpaired) electrons. The van der Waals surface area contributed by atoms with E-state index in [0.29, 0.717) is 6.04 Å². The van der Waals surface area contributed by atoms with Crippen LogP contribution in [0.2, 0.25) is 0 Å². The largest absolute Gasteiger partial charge is 0.358 e. The van der Waals surface area contributed by atoms with E-state index >= 15 is 0 Å². The van der Waals surface area contributed by atoms with E-state index in [-0.39, 0.29) is 0 Å². The lowest BCUT2D eigenvalue weighted by molar-refractivity contribution is 0.215. The third-order valence-corrected chi connectivity index (χ3v) is 6.61. The normalized spacial score (nSPS) is 16.5. The fourth-order valence-electron chi connectivity index (χ4n) is 4.35. The zero-order chi connectivity index (χ0) is 18.9. The highest BCUT2D eigenvalue weighted by Gasteiger charge is 2.30. The van der Waals surface area contributed by atoms with Crippen LogP contribution in [0.3, 0.4) is 0 Å². The standard InChI is InChI=1S/C23H24N4S/c1-17-22(18-7-2-3-8-19(18)25-17)23(20-9-6-16-28-20)27-14-12-26(13-15-27)21-10-4-5-11-24-21/h2-11,16,23,25H,12-15H2,1H3. The Morgan fingerprint density at radius 3 is 2.54 bits per heavy atom. The highest BCUT2D eigenvalue weighted by molar-refractivity contribution is 7.10. The first-order valence-electron chi connectivity index (χ1n) is 9.82. The van der Waals surface area contributed by atoms with Crippen LogP contribution in [0, 0.1) is 6.92 Å². The van der Waals surface area contributed by atoms with Gasteiger partial charge in [-0.05, 0) is 36.6 Å². The first-order valence-corrected chi connectivity index (χ1v) is 10.7. The number of thiophene rings is 1. The summed E-state index contributed by atoms with van der Waals surface area (Å²) in [6.07, 6.45) is 1.88. The van der Waals surface area contributed by atoms with Crippen LogP contribution >= 0.6 is 11.3 Å². The second-order valence-electron chi connectivity index (χ2n) is 7.34. The Balaban J connectivity index is 1.48.